The van der Waals surface area contributed by atoms with E-state index in [1.165, 1.54) is 52.0 Å². The number of nitrogens with one attached hydrogen (secondary N) is 1. The highest BCUT2D eigenvalue weighted by Crippen LogP contribution is 2.15. The molecule has 0 aromatic carbocycles. The molecular weight excluding hydrogens is 198 g/mol. The predicted molar refractivity (Wildman–Crippen MR) is 68.8 cm³/mol. The van der Waals surface area contributed by atoms with Gasteiger partial charge in [-0.05, 0) is 52.4 Å². The zero-order valence-corrected chi connectivity index (χ0v) is 10.9. The van der Waals surface area contributed by atoms with E-state index in [0.717, 1.165) is 18.6 Å². The van der Waals surface area contributed by atoms with Gasteiger partial charge in [0.2, 0.25) is 0 Å². The van der Waals surface area contributed by atoms with Crippen LogP contribution in [0.5, 0.6) is 0 Å². The van der Waals surface area contributed by atoms with E-state index < -0.39 is 0 Å². The lowest BCUT2D eigenvalue weighted by atomic mass is 10.2. The Bertz CT molecular complexity index is 201. The van der Waals surface area contributed by atoms with E-state index in [9.17, 15) is 0 Å². The molecule has 2 rings (SSSR count). The Kier molecular flexibility index (Phi) is 4.62. The van der Waals surface area contributed by atoms with Gasteiger partial charge in [0, 0.05) is 25.2 Å². The van der Waals surface area contributed by atoms with Crippen LogP contribution < -0.4 is 5.32 Å². The summed E-state index contributed by atoms with van der Waals surface area (Å²) in [6.45, 7) is 12.2. The van der Waals surface area contributed by atoms with E-state index in [1.54, 1.807) is 0 Å². The minimum atomic E-state index is 0.746. The molecule has 2 heterocycles. The maximum Gasteiger partial charge on any atom is 0.0207 e. The van der Waals surface area contributed by atoms with Crippen LogP contribution in [0.4, 0.5) is 0 Å². The van der Waals surface area contributed by atoms with Crippen molar-refractivity contribution in [3.63, 3.8) is 0 Å². The molecule has 2 atom stereocenters. The summed E-state index contributed by atoms with van der Waals surface area (Å²) in [5.74, 6) is 0. The van der Waals surface area contributed by atoms with Crippen molar-refractivity contribution in [1.82, 2.24) is 15.1 Å². The van der Waals surface area contributed by atoms with Gasteiger partial charge in [-0.15, -0.1) is 0 Å². The molecule has 94 valence electrons. The molecule has 16 heavy (non-hydrogen) atoms. The number of likely N-dealkylation sites (N-methyl/N-ethyl adjacent to an activating group) is 1. The second-order valence-electron chi connectivity index (χ2n) is 5.39. The molecule has 2 unspecified atom stereocenters. The summed E-state index contributed by atoms with van der Waals surface area (Å²) >= 11 is 0. The molecule has 0 spiro atoms. The van der Waals surface area contributed by atoms with Crippen LogP contribution in [0.25, 0.3) is 0 Å². The molecule has 1 N–H and O–H groups in total. The summed E-state index contributed by atoms with van der Waals surface area (Å²) in [6, 6.07) is 1.50. The van der Waals surface area contributed by atoms with Crippen LogP contribution in [0.1, 0.15) is 33.1 Å². The van der Waals surface area contributed by atoms with E-state index in [4.69, 9.17) is 0 Å². The van der Waals surface area contributed by atoms with Gasteiger partial charge in [0.1, 0.15) is 0 Å². The normalized spacial score (nSPS) is 30.0. The molecule has 2 aliphatic heterocycles. The van der Waals surface area contributed by atoms with Crippen molar-refractivity contribution in [2.45, 2.75) is 45.2 Å². The fourth-order valence-electron chi connectivity index (χ4n) is 3.13. The predicted octanol–water partition coefficient (Wildman–Crippen LogP) is 1.15. The second kappa shape index (κ2) is 5.99. The highest BCUT2D eigenvalue weighted by atomic mass is 15.2. The maximum atomic E-state index is 3.56. The van der Waals surface area contributed by atoms with Gasteiger partial charge >= 0.3 is 0 Å². The summed E-state index contributed by atoms with van der Waals surface area (Å²) in [5.41, 5.74) is 0. The zero-order valence-electron chi connectivity index (χ0n) is 10.9. The molecule has 0 amide bonds. The fourth-order valence-corrected chi connectivity index (χ4v) is 3.13. The Morgan fingerprint density at radius 2 is 2.00 bits per heavy atom. The van der Waals surface area contributed by atoms with Crippen LogP contribution in [0.3, 0.4) is 0 Å². The van der Waals surface area contributed by atoms with Crippen molar-refractivity contribution >= 4 is 0 Å². The Balaban J connectivity index is 1.69. The molecular formula is C13H27N3. The number of rotatable bonds is 5. The summed E-state index contributed by atoms with van der Waals surface area (Å²) in [7, 11) is 0. The average molecular weight is 225 g/mol. The Hall–Kier alpha value is -0.120. The van der Waals surface area contributed by atoms with Crippen molar-refractivity contribution < 1.29 is 0 Å². The largest absolute Gasteiger partial charge is 0.313 e. The zero-order chi connectivity index (χ0) is 11.4. The Morgan fingerprint density at radius 3 is 2.69 bits per heavy atom. The summed E-state index contributed by atoms with van der Waals surface area (Å²) in [5, 5.41) is 3.56. The molecule has 3 heteroatoms. The first-order chi connectivity index (χ1) is 7.79. The topological polar surface area (TPSA) is 18.5 Å². The third kappa shape index (κ3) is 3.19. The number of nitrogens with zero attached hydrogens (tertiary/aromatic N) is 2. The van der Waals surface area contributed by atoms with Gasteiger partial charge < -0.3 is 10.2 Å². The van der Waals surface area contributed by atoms with Crippen LogP contribution in [0.2, 0.25) is 0 Å². The van der Waals surface area contributed by atoms with Gasteiger partial charge in [0.25, 0.3) is 0 Å². The lowest BCUT2D eigenvalue weighted by Crippen LogP contribution is -2.41. The molecule has 0 radical (unpaired) electrons. The van der Waals surface area contributed by atoms with E-state index in [-0.39, 0.29) is 0 Å². The fraction of sp³-hybridized carbons (Fsp3) is 1.00. The van der Waals surface area contributed by atoms with Crippen LogP contribution in [0, 0.1) is 0 Å². The van der Waals surface area contributed by atoms with Crippen molar-refractivity contribution in [1.29, 1.82) is 0 Å². The minimum Gasteiger partial charge on any atom is -0.313 e. The number of hydrogen-bond donors (Lipinski definition) is 1. The third-order valence-corrected chi connectivity index (χ3v) is 4.05. The molecule has 0 aromatic heterocycles. The molecule has 3 nitrogen and oxygen atoms in total. The average Bonchev–Trinajstić information content (AvgIpc) is 2.89. The molecule has 0 bridgehead atoms. The molecule has 0 saturated carbocycles. The molecule has 2 saturated heterocycles. The van der Waals surface area contributed by atoms with E-state index in [1.807, 2.05) is 0 Å². The van der Waals surface area contributed by atoms with Gasteiger partial charge in [0.05, 0.1) is 0 Å². The highest BCUT2D eigenvalue weighted by molar-refractivity contribution is 4.84. The Labute approximate surface area is 100 Å². The van der Waals surface area contributed by atoms with Crippen molar-refractivity contribution in [3.05, 3.63) is 0 Å². The minimum absolute atomic E-state index is 0.746. The molecule has 2 aliphatic rings. The van der Waals surface area contributed by atoms with Gasteiger partial charge in [-0.3, -0.25) is 4.90 Å². The highest BCUT2D eigenvalue weighted by Gasteiger charge is 2.25. The van der Waals surface area contributed by atoms with Crippen LogP contribution in [-0.4, -0.2) is 61.2 Å². The first kappa shape index (κ1) is 12.3. The van der Waals surface area contributed by atoms with Crippen LogP contribution >= 0.6 is 0 Å². The first-order valence-corrected chi connectivity index (χ1v) is 6.99. The molecule has 0 aliphatic carbocycles. The monoisotopic (exact) mass is 225 g/mol. The SMILES string of the molecule is CCNC1CCN(CC(C)N2CCCC2)C1. The quantitative estimate of drug-likeness (QED) is 0.757. The summed E-state index contributed by atoms with van der Waals surface area (Å²) in [6.07, 6.45) is 4.15. The van der Waals surface area contributed by atoms with Crippen LogP contribution in [0.15, 0.2) is 0 Å². The van der Waals surface area contributed by atoms with Crippen molar-refractivity contribution in [2.75, 3.05) is 39.3 Å². The second-order valence-corrected chi connectivity index (χ2v) is 5.39. The standard InChI is InChI=1S/C13H27N3/c1-3-14-13-6-9-15(11-13)10-12(2)16-7-4-5-8-16/h12-14H,3-11H2,1-2H3. The third-order valence-electron chi connectivity index (χ3n) is 4.05. The van der Waals surface area contributed by atoms with Gasteiger partial charge in [-0.1, -0.05) is 6.92 Å². The maximum absolute atomic E-state index is 3.56. The number of likely N-dealkylation sites (tertiary alicyclic amines) is 2. The van der Waals surface area contributed by atoms with E-state index in [0.29, 0.717) is 0 Å². The summed E-state index contributed by atoms with van der Waals surface area (Å²) in [4.78, 5) is 5.29. The van der Waals surface area contributed by atoms with Crippen molar-refractivity contribution in [3.8, 4) is 0 Å². The van der Waals surface area contributed by atoms with Gasteiger partial charge in [0.15, 0.2) is 0 Å². The molecule has 2 fully saturated rings. The lowest BCUT2D eigenvalue weighted by Gasteiger charge is -2.28. The van der Waals surface area contributed by atoms with E-state index >= 15 is 0 Å². The van der Waals surface area contributed by atoms with Gasteiger partial charge in [-0.25, -0.2) is 0 Å². The van der Waals surface area contributed by atoms with E-state index in [2.05, 4.69) is 29.0 Å². The van der Waals surface area contributed by atoms with Crippen LogP contribution in [-0.2, 0) is 0 Å². The summed E-state index contributed by atoms with van der Waals surface area (Å²) < 4.78 is 0. The molecule has 0 aromatic rings. The number of hydrogen-bond acceptors (Lipinski definition) is 3. The van der Waals surface area contributed by atoms with Crippen molar-refractivity contribution in [2.24, 2.45) is 0 Å². The smallest absolute Gasteiger partial charge is 0.0207 e. The Morgan fingerprint density at radius 1 is 1.25 bits per heavy atom. The van der Waals surface area contributed by atoms with Gasteiger partial charge in [-0.2, -0.15) is 0 Å². The first-order valence-electron chi connectivity index (χ1n) is 6.99. The lowest BCUT2D eigenvalue weighted by molar-refractivity contribution is 0.190.